The van der Waals surface area contributed by atoms with Gasteiger partial charge >= 0.3 is 5.97 Å². The Labute approximate surface area is 125 Å². The average molecular weight is 289 g/mol. The van der Waals surface area contributed by atoms with E-state index >= 15 is 0 Å². The number of carboxylic acids is 1. The second-order valence-electron chi connectivity index (χ2n) is 6.27. The molecule has 21 heavy (non-hydrogen) atoms. The molecule has 0 aliphatic heterocycles. The summed E-state index contributed by atoms with van der Waals surface area (Å²) in [4.78, 5) is 25.4. The molecule has 1 aliphatic carbocycles. The van der Waals surface area contributed by atoms with Crippen molar-refractivity contribution in [1.82, 2.24) is 4.90 Å². The second kappa shape index (κ2) is 5.88. The highest BCUT2D eigenvalue weighted by molar-refractivity contribution is 5.88. The molecule has 1 aromatic carbocycles. The Hall–Kier alpha value is -1.84. The lowest BCUT2D eigenvalue weighted by atomic mass is 9.70. The van der Waals surface area contributed by atoms with Crippen LogP contribution in [0.25, 0.3) is 0 Å². The van der Waals surface area contributed by atoms with Gasteiger partial charge in [0.2, 0.25) is 5.91 Å². The summed E-state index contributed by atoms with van der Waals surface area (Å²) < 4.78 is 0. The van der Waals surface area contributed by atoms with Gasteiger partial charge in [-0.1, -0.05) is 31.2 Å². The SMILES string of the molecule is CC(CN(C)C(=O)C1(C)CCCc2ccccc21)C(=O)O. The molecule has 1 aromatic rings. The van der Waals surface area contributed by atoms with Crippen molar-refractivity contribution in [1.29, 1.82) is 0 Å². The lowest BCUT2D eigenvalue weighted by Gasteiger charge is -2.38. The Morgan fingerprint density at radius 3 is 2.71 bits per heavy atom. The van der Waals surface area contributed by atoms with E-state index in [1.54, 1.807) is 18.9 Å². The predicted octanol–water partition coefficient (Wildman–Crippen LogP) is 2.46. The summed E-state index contributed by atoms with van der Waals surface area (Å²) in [5.41, 5.74) is 1.79. The molecular weight excluding hydrogens is 266 g/mol. The Bertz CT molecular complexity index is 555. The molecule has 2 atom stereocenters. The van der Waals surface area contributed by atoms with Gasteiger partial charge in [-0.05, 0) is 37.3 Å². The van der Waals surface area contributed by atoms with Crippen LogP contribution in [0.4, 0.5) is 0 Å². The number of carboxylic acid groups (broad SMARTS) is 1. The van der Waals surface area contributed by atoms with Crippen molar-refractivity contribution in [3.63, 3.8) is 0 Å². The number of fused-ring (bicyclic) bond motifs is 1. The van der Waals surface area contributed by atoms with E-state index in [1.807, 2.05) is 25.1 Å². The van der Waals surface area contributed by atoms with E-state index in [0.29, 0.717) is 0 Å². The third-order valence-corrected chi connectivity index (χ3v) is 4.52. The molecule has 1 N–H and O–H groups in total. The van der Waals surface area contributed by atoms with Crippen LogP contribution in [0, 0.1) is 5.92 Å². The van der Waals surface area contributed by atoms with Crippen molar-refractivity contribution in [3.8, 4) is 0 Å². The molecule has 0 bridgehead atoms. The molecule has 0 heterocycles. The monoisotopic (exact) mass is 289 g/mol. The number of benzene rings is 1. The van der Waals surface area contributed by atoms with Crippen LogP contribution < -0.4 is 0 Å². The smallest absolute Gasteiger partial charge is 0.308 e. The number of nitrogens with zero attached hydrogens (tertiary/aromatic N) is 1. The first-order valence-electron chi connectivity index (χ1n) is 7.43. The molecule has 114 valence electrons. The number of likely N-dealkylation sites (N-methyl/N-ethyl adjacent to an activating group) is 1. The molecule has 1 aliphatic rings. The van der Waals surface area contributed by atoms with Gasteiger partial charge in [0.05, 0.1) is 11.3 Å². The van der Waals surface area contributed by atoms with E-state index in [2.05, 4.69) is 6.07 Å². The van der Waals surface area contributed by atoms with Crippen LogP contribution in [0.1, 0.15) is 37.8 Å². The molecule has 0 spiro atoms. The van der Waals surface area contributed by atoms with E-state index in [0.717, 1.165) is 24.8 Å². The maximum atomic E-state index is 12.9. The normalized spacial score (nSPS) is 22.2. The van der Waals surface area contributed by atoms with Crippen LogP contribution in [-0.4, -0.2) is 35.5 Å². The fraction of sp³-hybridized carbons (Fsp3) is 0.529. The zero-order chi connectivity index (χ0) is 15.6. The zero-order valence-electron chi connectivity index (χ0n) is 12.9. The summed E-state index contributed by atoms with van der Waals surface area (Å²) >= 11 is 0. The van der Waals surface area contributed by atoms with E-state index < -0.39 is 17.3 Å². The standard InChI is InChI=1S/C17H23NO3/c1-12(15(19)20)11-18(3)16(21)17(2)10-6-8-13-7-4-5-9-14(13)17/h4-5,7,9,12H,6,8,10-11H2,1-3H3,(H,19,20). The van der Waals surface area contributed by atoms with Gasteiger partial charge in [-0.15, -0.1) is 0 Å². The lowest BCUT2D eigenvalue weighted by Crippen LogP contribution is -2.47. The average Bonchev–Trinajstić information content (AvgIpc) is 2.46. The first kappa shape index (κ1) is 15.5. The van der Waals surface area contributed by atoms with Crippen LogP contribution in [0.15, 0.2) is 24.3 Å². The van der Waals surface area contributed by atoms with Crippen LogP contribution in [-0.2, 0) is 21.4 Å². The van der Waals surface area contributed by atoms with Gasteiger partial charge in [0.1, 0.15) is 0 Å². The molecule has 4 nitrogen and oxygen atoms in total. The number of carbonyl (C=O) groups excluding carboxylic acids is 1. The third kappa shape index (κ3) is 2.94. The van der Waals surface area contributed by atoms with Gasteiger partial charge in [-0.2, -0.15) is 0 Å². The van der Waals surface area contributed by atoms with Gasteiger partial charge in [0.25, 0.3) is 0 Å². The highest BCUT2D eigenvalue weighted by atomic mass is 16.4. The van der Waals surface area contributed by atoms with Crippen LogP contribution >= 0.6 is 0 Å². The number of aliphatic carboxylic acids is 1. The number of hydrogen-bond acceptors (Lipinski definition) is 2. The first-order chi connectivity index (χ1) is 9.86. The molecule has 2 rings (SSSR count). The maximum Gasteiger partial charge on any atom is 0.308 e. The van der Waals surface area contributed by atoms with Gasteiger partial charge in [-0.3, -0.25) is 9.59 Å². The molecule has 2 unspecified atom stereocenters. The second-order valence-corrected chi connectivity index (χ2v) is 6.27. The van der Waals surface area contributed by atoms with E-state index in [-0.39, 0.29) is 12.5 Å². The van der Waals surface area contributed by atoms with Gasteiger partial charge in [-0.25, -0.2) is 0 Å². The fourth-order valence-corrected chi connectivity index (χ4v) is 3.26. The van der Waals surface area contributed by atoms with Crippen molar-refractivity contribution in [3.05, 3.63) is 35.4 Å². The van der Waals surface area contributed by atoms with E-state index in [1.165, 1.54) is 5.56 Å². The van der Waals surface area contributed by atoms with Crippen LogP contribution in [0.2, 0.25) is 0 Å². The Morgan fingerprint density at radius 2 is 2.05 bits per heavy atom. The Balaban J connectivity index is 2.24. The molecule has 0 saturated carbocycles. The molecule has 1 amide bonds. The zero-order valence-corrected chi connectivity index (χ0v) is 12.9. The summed E-state index contributed by atoms with van der Waals surface area (Å²) in [6, 6.07) is 8.08. The minimum absolute atomic E-state index is 0.0164. The maximum absolute atomic E-state index is 12.9. The van der Waals surface area contributed by atoms with Gasteiger partial charge < -0.3 is 10.0 Å². The minimum atomic E-state index is -0.871. The molecule has 0 aromatic heterocycles. The number of aryl methyl sites for hydroxylation is 1. The van der Waals surface area contributed by atoms with Gasteiger partial charge in [0, 0.05) is 13.6 Å². The van der Waals surface area contributed by atoms with Crippen molar-refractivity contribution < 1.29 is 14.7 Å². The first-order valence-corrected chi connectivity index (χ1v) is 7.43. The predicted molar refractivity (Wildman–Crippen MR) is 81.2 cm³/mol. The lowest BCUT2D eigenvalue weighted by molar-refractivity contribution is -0.143. The van der Waals surface area contributed by atoms with Crippen molar-refractivity contribution in [2.24, 2.45) is 5.92 Å². The van der Waals surface area contributed by atoms with Crippen molar-refractivity contribution in [2.75, 3.05) is 13.6 Å². The fourth-order valence-electron chi connectivity index (χ4n) is 3.26. The minimum Gasteiger partial charge on any atom is -0.481 e. The molecule has 0 fully saturated rings. The van der Waals surface area contributed by atoms with Crippen molar-refractivity contribution in [2.45, 2.75) is 38.5 Å². The summed E-state index contributed by atoms with van der Waals surface area (Å²) in [6.45, 7) is 3.85. The number of rotatable bonds is 4. The highest BCUT2D eigenvalue weighted by Crippen LogP contribution is 2.38. The van der Waals surface area contributed by atoms with E-state index in [9.17, 15) is 9.59 Å². The number of amides is 1. The molecule has 0 saturated heterocycles. The highest BCUT2D eigenvalue weighted by Gasteiger charge is 2.40. The third-order valence-electron chi connectivity index (χ3n) is 4.52. The topological polar surface area (TPSA) is 57.6 Å². The van der Waals surface area contributed by atoms with E-state index in [4.69, 9.17) is 5.11 Å². The number of carbonyl (C=O) groups is 2. The molecular formula is C17H23NO3. The summed E-state index contributed by atoms with van der Waals surface area (Å²) in [7, 11) is 1.70. The van der Waals surface area contributed by atoms with Crippen LogP contribution in [0.3, 0.4) is 0 Å². The summed E-state index contributed by atoms with van der Waals surface area (Å²) in [5.74, 6) is -1.41. The summed E-state index contributed by atoms with van der Waals surface area (Å²) in [5, 5.41) is 9.01. The molecule has 4 heteroatoms. The molecule has 0 radical (unpaired) electrons. The Morgan fingerprint density at radius 1 is 1.38 bits per heavy atom. The van der Waals surface area contributed by atoms with Gasteiger partial charge in [0.15, 0.2) is 0 Å². The van der Waals surface area contributed by atoms with Crippen molar-refractivity contribution >= 4 is 11.9 Å². The Kier molecular flexibility index (Phi) is 4.35. The largest absolute Gasteiger partial charge is 0.481 e. The number of hydrogen-bond donors (Lipinski definition) is 1. The summed E-state index contributed by atoms with van der Waals surface area (Å²) in [6.07, 6.45) is 2.81. The quantitative estimate of drug-likeness (QED) is 0.926. The van der Waals surface area contributed by atoms with Crippen LogP contribution in [0.5, 0.6) is 0 Å².